The predicted molar refractivity (Wildman–Crippen MR) is 68.9 cm³/mol. The van der Waals surface area contributed by atoms with Crippen LogP contribution >= 0.6 is 0 Å². The maximum Gasteiger partial charge on any atom is 0.145 e. The summed E-state index contributed by atoms with van der Waals surface area (Å²) in [5, 5.41) is 12.5. The van der Waals surface area contributed by atoms with Crippen LogP contribution in [0.5, 0.6) is 0 Å². The van der Waals surface area contributed by atoms with Crippen LogP contribution in [0.1, 0.15) is 16.7 Å². The zero-order chi connectivity index (χ0) is 13.5. The summed E-state index contributed by atoms with van der Waals surface area (Å²) in [6.45, 7) is 0.0222. The van der Waals surface area contributed by atoms with Gasteiger partial charge in [0.2, 0.25) is 0 Å². The Balaban J connectivity index is 1.98. The second-order valence-corrected chi connectivity index (χ2v) is 3.73. The molecule has 2 aromatic rings. The smallest absolute Gasteiger partial charge is 0.145 e. The molecule has 0 unspecified atom stereocenters. The average Bonchev–Trinajstić information content (AvgIpc) is 2.45. The van der Waals surface area contributed by atoms with Crippen molar-refractivity contribution in [2.75, 3.05) is 0 Å². The molecule has 0 saturated heterocycles. The highest BCUT2D eigenvalue weighted by Gasteiger charge is 2.00. The first kappa shape index (κ1) is 12.8. The Labute approximate surface area is 110 Å². The van der Waals surface area contributed by atoms with Gasteiger partial charge in [-0.05, 0) is 12.1 Å². The van der Waals surface area contributed by atoms with Gasteiger partial charge in [0, 0.05) is 11.1 Å². The fourth-order valence-electron chi connectivity index (χ4n) is 1.48. The van der Waals surface area contributed by atoms with Crippen molar-refractivity contribution < 1.29 is 9.23 Å². The van der Waals surface area contributed by atoms with E-state index in [0.717, 1.165) is 0 Å². The van der Waals surface area contributed by atoms with Gasteiger partial charge in [-0.25, -0.2) is 4.39 Å². The van der Waals surface area contributed by atoms with Gasteiger partial charge in [-0.3, -0.25) is 0 Å². The Morgan fingerprint density at radius 1 is 1.05 bits per heavy atom. The molecule has 4 heteroatoms. The van der Waals surface area contributed by atoms with Crippen LogP contribution in [0.3, 0.4) is 0 Å². The normalized spacial score (nSPS) is 10.3. The third-order valence-electron chi connectivity index (χ3n) is 2.46. The van der Waals surface area contributed by atoms with E-state index in [2.05, 4.69) is 11.4 Å². The Morgan fingerprint density at radius 2 is 1.74 bits per heavy atom. The lowest BCUT2D eigenvalue weighted by molar-refractivity contribution is 0.129. The van der Waals surface area contributed by atoms with Gasteiger partial charge in [-0.2, -0.15) is 5.26 Å². The molecule has 0 bridgehead atoms. The molecule has 0 aliphatic rings. The second-order valence-electron chi connectivity index (χ2n) is 3.73. The van der Waals surface area contributed by atoms with Crippen LogP contribution in [0.15, 0.2) is 53.7 Å². The number of hydrogen-bond acceptors (Lipinski definition) is 3. The standard InChI is InChI=1S/C15H10FN2O/c16-15-8-4-3-7-14(15)11-19-18-10-13-6-2-1-5-12(13)9-17/h1-8H,11H2. The van der Waals surface area contributed by atoms with Crippen molar-refractivity contribution in [1.29, 1.82) is 5.26 Å². The molecular weight excluding hydrogens is 243 g/mol. The monoisotopic (exact) mass is 253 g/mol. The van der Waals surface area contributed by atoms with Crippen LogP contribution in [0.25, 0.3) is 0 Å². The Morgan fingerprint density at radius 3 is 2.47 bits per heavy atom. The van der Waals surface area contributed by atoms with E-state index in [4.69, 9.17) is 10.1 Å². The third-order valence-corrected chi connectivity index (χ3v) is 2.46. The first-order valence-corrected chi connectivity index (χ1v) is 5.62. The second kappa shape index (κ2) is 6.31. The Bertz CT molecular complexity index is 632. The summed E-state index contributed by atoms with van der Waals surface area (Å²) < 4.78 is 13.3. The van der Waals surface area contributed by atoms with Gasteiger partial charge in [-0.1, -0.05) is 41.6 Å². The van der Waals surface area contributed by atoms with Crippen LogP contribution in [-0.4, -0.2) is 6.21 Å². The molecule has 0 N–H and O–H groups in total. The maximum absolute atomic E-state index is 13.3. The first-order valence-electron chi connectivity index (χ1n) is 5.62. The summed E-state index contributed by atoms with van der Waals surface area (Å²) >= 11 is 0. The summed E-state index contributed by atoms with van der Waals surface area (Å²) in [5.74, 6) is -0.338. The quantitative estimate of drug-likeness (QED) is 0.620. The van der Waals surface area contributed by atoms with Gasteiger partial charge in [-0.15, -0.1) is 0 Å². The highest BCUT2D eigenvalue weighted by Crippen LogP contribution is 2.08. The molecular formula is C15H10FN2O. The van der Waals surface area contributed by atoms with E-state index in [1.54, 1.807) is 42.5 Å². The maximum atomic E-state index is 13.3. The minimum atomic E-state index is -0.338. The molecule has 0 aliphatic heterocycles. The van der Waals surface area contributed by atoms with Crippen LogP contribution < -0.4 is 0 Å². The largest absolute Gasteiger partial charge is 0.390 e. The molecule has 0 fully saturated rings. The lowest BCUT2D eigenvalue weighted by Crippen LogP contribution is -1.93. The van der Waals surface area contributed by atoms with E-state index in [-0.39, 0.29) is 12.4 Å². The molecule has 3 nitrogen and oxygen atoms in total. The van der Waals surface area contributed by atoms with E-state index < -0.39 is 0 Å². The number of halogens is 1. The Hall–Kier alpha value is -2.67. The molecule has 93 valence electrons. The van der Waals surface area contributed by atoms with Crippen molar-refractivity contribution in [2.45, 2.75) is 6.61 Å². The zero-order valence-electron chi connectivity index (χ0n) is 10.0. The molecule has 0 heterocycles. The number of hydrogen-bond donors (Lipinski definition) is 0. The van der Waals surface area contributed by atoms with Gasteiger partial charge in [0.05, 0.1) is 11.6 Å². The molecule has 2 aromatic carbocycles. The topological polar surface area (TPSA) is 45.4 Å². The lowest BCUT2D eigenvalue weighted by Gasteiger charge is -2.00. The van der Waals surface area contributed by atoms with E-state index in [1.165, 1.54) is 6.07 Å². The lowest BCUT2D eigenvalue weighted by atomic mass is 10.1. The third kappa shape index (κ3) is 3.39. The Kier molecular flexibility index (Phi) is 4.25. The molecule has 0 aliphatic carbocycles. The molecule has 0 amide bonds. The average molecular weight is 253 g/mol. The molecule has 0 spiro atoms. The van der Waals surface area contributed by atoms with Gasteiger partial charge < -0.3 is 4.84 Å². The zero-order valence-corrected chi connectivity index (χ0v) is 10.0. The molecule has 0 atom stereocenters. The fraction of sp³-hybridized carbons (Fsp3) is 0.0667. The van der Waals surface area contributed by atoms with Crippen molar-refractivity contribution in [3.63, 3.8) is 0 Å². The van der Waals surface area contributed by atoms with Crippen molar-refractivity contribution in [3.8, 4) is 6.07 Å². The molecule has 19 heavy (non-hydrogen) atoms. The van der Waals surface area contributed by atoms with Crippen molar-refractivity contribution in [2.24, 2.45) is 5.16 Å². The highest BCUT2D eigenvalue weighted by molar-refractivity contribution is 5.82. The van der Waals surface area contributed by atoms with Crippen molar-refractivity contribution >= 4 is 6.21 Å². The van der Waals surface area contributed by atoms with E-state index in [1.807, 2.05) is 6.07 Å². The van der Waals surface area contributed by atoms with Crippen LogP contribution in [-0.2, 0) is 11.4 Å². The molecule has 1 radical (unpaired) electrons. The van der Waals surface area contributed by atoms with Gasteiger partial charge in [0.1, 0.15) is 18.6 Å². The van der Waals surface area contributed by atoms with Crippen molar-refractivity contribution in [1.82, 2.24) is 0 Å². The van der Waals surface area contributed by atoms with Crippen molar-refractivity contribution in [3.05, 3.63) is 71.0 Å². The summed E-state index contributed by atoms with van der Waals surface area (Å²) in [6.07, 6.45) is 2.61. The molecule has 0 aromatic heterocycles. The van der Waals surface area contributed by atoms with Crippen LogP contribution in [0, 0.1) is 17.1 Å². The predicted octanol–water partition coefficient (Wildman–Crippen LogP) is 3.13. The van der Waals surface area contributed by atoms with Gasteiger partial charge in [0.15, 0.2) is 0 Å². The number of nitriles is 1. The van der Waals surface area contributed by atoms with E-state index in [9.17, 15) is 4.39 Å². The molecule has 2 rings (SSSR count). The molecule has 0 saturated carbocycles. The number of nitrogens with zero attached hydrogens (tertiary/aromatic N) is 2. The van der Waals surface area contributed by atoms with E-state index >= 15 is 0 Å². The van der Waals surface area contributed by atoms with Gasteiger partial charge in [0.25, 0.3) is 0 Å². The van der Waals surface area contributed by atoms with Crippen LogP contribution in [0.4, 0.5) is 4.39 Å². The highest BCUT2D eigenvalue weighted by atomic mass is 19.1. The van der Waals surface area contributed by atoms with E-state index in [0.29, 0.717) is 16.7 Å². The summed E-state index contributed by atoms with van der Waals surface area (Å²) in [5.41, 5.74) is 1.42. The number of rotatable bonds is 4. The van der Waals surface area contributed by atoms with Gasteiger partial charge >= 0.3 is 0 Å². The first-order chi connectivity index (χ1) is 9.31. The summed E-state index contributed by atoms with van der Waals surface area (Å²) in [6, 6.07) is 15.2. The summed E-state index contributed by atoms with van der Waals surface area (Å²) in [4.78, 5) is 4.97. The summed E-state index contributed by atoms with van der Waals surface area (Å²) in [7, 11) is 0. The number of benzene rings is 2. The fourth-order valence-corrected chi connectivity index (χ4v) is 1.48. The minimum absolute atomic E-state index is 0.0222. The minimum Gasteiger partial charge on any atom is -0.390 e. The van der Waals surface area contributed by atoms with Crippen LogP contribution in [0.2, 0.25) is 0 Å². The SMILES string of the molecule is N#Cc1ccccc1/[C]=N\OCc1ccccc1F.